The SMILES string of the molecule is O=C1C=C(O)C1.[H-].[Na+]. The molecule has 0 aromatic carbocycles. The number of rotatable bonds is 0. The number of carbonyl (C=O) groups excluding carboxylic acids is 1. The smallest absolute Gasteiger partial charge is 1.00 e. The van der Waals surface area contributed by atoms with Gasteiger partial charge < -0.3 is 6.53 Å². The van der Waals surface area contributed by atoms with E-state index in [-0.39, 0.29) is 48.9 Å². The average molecular weight is 108 g/mol. The van der Waals surface area contributed by atoms with E-state index in [1.165, 1.54) is 6.08 Å². The van der Waals surface area contributed by atoms with Crippen LogP contribution in [-0.4, -0.2) is 10.9 Å². The predicted molar refractivity (Wildman–Crippen MR) is 21.4 cm³/mol. The number of allylic oxidation sites excluding steroid dienone is 2. The van der Waals surface area contributed by atoms with Crippen LogP contribution < -0.4 is 29.6 Å². The first-order chi connectivity index (χ1) is 2.79. The van der Waals surface area contributed by atoms with Crippen LogP contribution in [0.5, 0.6) is 0 Å². The van der Waals surface area contributed by atoms with E-state index in [0.29, 0.717) is 0 Å². The van der Waals surface area contributed by atoms with Crippen molar-refractivity contribution in [1.82, 2.24) is 0 Å². The van der Waals surface area contributed by atoms with Crippen LogP contribution in [0, 0.1) is 0 Å². The topological polar surface area (TPSA) is 37.3 Å². The molecule has 3 heteroatoms. The second-order valence-corrected chi connectivity index (χ2v) is 1.28. The maximum Gasteiger partial charge on any atom is 1.00 e. The Hall–Kier alpha value is 0.210. The van der Waals surface area contributed by atoms with Crippen LogP contribution in [0.25, 0.3) is 0 Å². The molecule has 0 unspecified atom stereocenters. The van der Waals surface area contributed by atoms with E-state index in [1.807, 2.05) is 0 Å². The van der Waals surface area contributed by atoms with Gasteiger partial charge >= 0.3 is 29.6 Å². The van der Waals surface area contributed by atoms with E-state index in [0.717, 1.165) is 0 Å². The van der Waals surface area contributed by atoms with Crippen molar-refractivity contribution in [2.45, 2.75) is 6.42 Å². The summed E-state index contributed by atoms with van der Waals surface area (Å²) in [4.78, 5) is 9.87. The van der Waals surface area contributed by atoms with E-state index < -0.39 is 0 Å². The zero-order valence-corrected chi connectivity index (χ0v) is 6.14. The third kappa shape index (κ3) is 1.63. The van der Waals surface area contributed by atoms with E-state index in [2.05, 4.69) is 0 Å². The van der Waals surface area contributed by atoms with Crippen molar-refractivity contribution in [3.05, 3.63) is 11.8 Å². The van der Waals surface area contributed by atoms with Gasteiger partial charge in [0.05, 0.1) is 6.42 Å². The monoisotopic (exact) mass is 108 g/mol. The predicted octanol–water partition coefficient (Wildman–Crippen LogP) is -2.48. The van der Waals surface area contributed by atoms with Crippen LogP contribution >= 0.6 is 0 Å². The van der Waals surface area contributed by atoms with Gasteiger partial charge in [-0.15, -0.1) is 0 Å². The third-order valence-corrected chi connectivity index (χ3v) is 0.683. The number of hydrogen-bond donors (Lipinski definition) is 1. The van der Waals surface area contributed by atoms with Crippen molar-refractivity contribution in [2.24, 2.45) is 0 Å². The molecule has 0 radical (unpaired) electrons. The quantitative estimate of drug-likeness (QED) is 0.349. The van der Waals surface area contributed by atoms with Crippen molar-refractivity contribution in [3.63, 3.8) is 0 Å². The summed E-state index contributed by atoms with van der Waals surface area (Å²) in [5.41, 5.74) is 0. The molecule has 0 saturated heterocycles. The molecule has 0 aromatic rings. The Morgan fingerprint density at radius 3 is 2.29 bits per heavy atom. The first kappa shape index (κ1) is 7.21. The molecular weight excluding hydrogens is 103 g/mol. The van der Waals surface area contributed by atoms with Crippen LogP contribution in [0.1, 0.15) is 7.85 Å². The number of aliphatic hydroxyl groups excluding tert-OH is 1. The first-order valence-electron chi connectivity index (χ1n) is 1.71. The molecule has 0 amide bonds. The fourth-order valence-electron chi connectivity index (χ4n) is 0.335. The largest absolute Gasteiger partial charge is 1.00 e. The van der Waals surface area contributed by atoms with Crippen LogP contribution in [0.2, 0.25) is 0 Å². The average Bonchev–Trinajstić information content (AvgIpc) is 1.33. The molecule has 0 atom stereocenters. The van der Waals surface area contributed by atoms with Crippen molar-refractivity contribution >= 4 is 5.78 Å². The van der Waals surface area contributed by atoms with Gasteiger partial charge in [0, 0.05) is 6.08 Å². The summed E-state index contributed by atoms with van der Waals surface area (Å²) >= 11 is 0. The molecular formula is C4H5NaO2. The van der Waals surface area contributed by atoms with E-state index in [9.17, 15) is 4.79 Å². The van der Waals surface area contributed by atoms with Crippen molar-refractivity contribution < 1.29 is 40.9 Å². The van der Waals surface area contributed by atoms with Crippen molar-refractivity contribution in [2.75, 3.05) is 0 Å². The van der Waals surface area contributed by atoms with Crippen molar-refractivity contribution in [3.8, 4) is 0 Å². The summed E-state index contributed by atoms with van der Waals surface area (Å²) in [5, 5.41) is 8.26. The first-order valence-corrected chi connectivity index (χ1v) is 1.71. The molecule has 0 aromatic heterocycles. The Labute approximate surface area is 65.0 Å². The normalized spacial score (nSPS) is 16.6. The fourth-order valence-corrected chi connectivity index (χ4v) is 0.335. The van der Waals surface area contributed by atoms with Gasteiger partial charge in [-0.05, 0) is 0 Å². The molecule has 1 N–H and O–H groups in total. The molecule has 7 heavy (non-hydrogen) atoms. The molecule has 1 aliphatic carbocycles. The zero-order chi connectivity index (χ0) is 4.57. The molecule has 0 bridgehead atoms. The summed E-state index contributed by atoms with van der Waals surface area (Å²) in [6, 6.07) is 0. The molecule has 1 rings (SSSR count). The maximum absolute atomic E-state index is 9.87. The van der Waals surface area contributed by atoms with Gasteiger partial charge in [-0.3, -0.25) is 4.79 Å². The summed E-state index contributed by atoms with van der Waals surface area (Å²) in [6.45, 7) is 0. The van der Waals surface area contributed by atoms with Gasteiger partial charge in [0.2, 0.25) is 0 Å². The Bertz CT molecular complexity index is 121. The van der Waals surface area contributed by atoms with Gasteiger partial charge in [0.25, 0.3) is 0 Å². The standard InChI is InChI=1S/C4H4O2.Na.H/c5-3-1-4(6)2-3;;/h1,5H,2H2;;/q;+1;-1. The molecule has 2 nitrogen and oxygen atoms in total. The van der Waals surface area contributed by atoms with Gasteiger partial charge in [0.1, 0.15) is 5.76 Å². The minimum atomic E-state index is 0. The van der Waals surface area contributed by atoms with Crippen LogP contribution in [0.3, 0.4) is 0 Å². The molecule has 0 fully saturated rings. The van der Waals surface area contributed by atoms with Crippen LogP contribution in [0.15, 0.2) is 11.8 Å². The second kappa shape index (κ2) is 2.50. The third-order valence-electron chi connectivity index (χ3n) is 0.683. The van der Waals surface area contributed by atoms with Crippen LogP contribution in [-0.2, 0) is 4.79 Å². The molecule has 0 heterocycles. The van der Waals surface area contributed by atoms with Crippen molar-refractivity contribution in [1.29, 1.82) is 0 Å². The molecule has 34 valence electrons. The minimum Gasteiger partial charge on any atom is -1.00 e. The molecule has 0 spiro atoms. The van der Waals surface area contributed by atoms with Gasteiger partial charge in [-0.25, -0.2) is 0 Å². The molecule has 0 saturated carbocycles. The molecule has 0 aliphatic heterocycles. The minimum absolute atomic E-state index is 0. The maximum atomic E-state index is 9.87. The summed E-state index contributed by atoms with van der Waals surface area (Å²) in [6.07, 6.45) is 1.47. The summed E-state index contributed by atoms with van der Waals surface area (Å²) in [5.74, 6) is 0.229. The number of hydrogen-bond acceptors (Lipinski definition) is 2. The van der Waals surface area contributed by atoms with Gasteiger partial charge in [-0.1, -0.05) is 0 Å². The number of aliphatic hydroxyl groups is 1. The Balaban J connectivity index is 0. The van der Waals surface area contributed by atoms with Gasteiger partial charge in [-0.2, -0.15) is 0 Å². The second-order valence-electron chi connectivity index (χ2n) is 1.28. The number of carbonyl (C=O) groups is 1. The fraction of sp³-hybridized carbons (Fsp3) is 0.250. The van der Waals surface area contributed by atoms with E-state index in [1.54, 1.807) is 0 Å². The van der Waals surface area contributed by atoms with E-state index >= 15 is 0 Å². The zero-order valence-electron chi connectivity index (χ0n) is 5.14. The van der Waals surface area contributed by atoms with Gasteiger partial charge in [0.15, 0.2) is 5.78 Å². The Morgan fingerprint density at radius 2 is 2.29 bits per heavy atom. The summed E-state index contributed by atoms with van der Waals surface area (Å²) < 4.78 is 0. The van der Waals surface area contributed by atoms with Crippen LogP contribution in [0.4, 0.5) is 0 Å². The van der Waals surface area contributed by atoms with E-state index in [4.69, 9.17) is 5.11 Å². The Kier molecular flexibility index (Phi) is 2.58. The Morgan fingerprint density at radius 1 is 1.86 bits per heavy atom. The number of ketones is 1. The molecule has 1 aliphatic rings. The summed E-state index contributed by atoms with van der Waals surface area (Å²) in [7, 11) is 0.